The van der Waals surface area contributed by atoms with Crippen LogP contribution < -0.4 is 10.5 Å². The van der Waals surface area contributed by atoms with Crippen LogP contribution in [0.2, 0.25) is 0 Å². The van der Waals surface area contributed by atoms with Crippen molar-refractivity contribution < 1.29 is 27.2 Å². The van der Waals surface area contributed by atoms with Crippen molar-refractivity contribution in [1.82, 2.24) is 5.16 Å². The van der Waals surface area contributed by atoms with Crippen molar-refractivity contribution in [3.05, 3.63) is 47.3 Å². The largest absolute Gasteiger partial charge is 0.573 e. The lowest BCUT2D eigenvalue weighted by Gasteiger charge is -2.09. The fraction of sp³-hybridized carbons (Fsp3) is 0.167. The number of halogens is 3. The van der Waals surface area contributed by atoms with E-state index in [0.29, 0.717) is 11.1 Å². The number of nitrogens with two attached hydrogens (primary N) is 1. The normalized spacial score (nSPS) is 11.3. The molecule has 0 saturated heterocycles. The van der Waals surface area contributed by atoms with E-state index in [-0.39, 0.29) is 17.9 Å². The fourth-order valence-corrected chi connectivity index (χ4v) is 1.66. The number of primary amides is 1. The Labute approximate surface area is 111 Å². The van der Waals surface area contributed by atoms with Gasteiger partial charge in [-0.15, -0.1) is 13.2 Å². The molecule has 1 aromatic heterocycles. The summed E-state index contributed by atoms with van der Waals surface area (Å²) in [5.41, 5.74) is 5.93. The van der Waals surface area contributed by atoms with E-state index in [1.54, 1.807) is 6.07 Å². The minimum Gasteiger partial charge on any atom is -0.406 e. The molecule has 0 unspecified atom stereocenters. The van der Waals surface area contributed by atoms with Gasteiger partial charge in [-0.25, -0.2) is 0 Å². The SMILES string of the molecule is NC(=O)c1nocc1Cc1cccc(OC(F)(F)F)c1. The molecule has 0 saturated carbocycles. The Bertz CT molecular complexity index is 622. The predicted octanol–water partition coefficient (Wildman–Crippen LogP) is 2.26. The average Bonchev–Trinajstić information content (AvgIpc) is 2.75. The van der Waals surface area contributed by atoms with E-state index in [4.69, 9.17) is 5.73 Å². The van der Waals surface area contributed by atoms with Gasteiger partial charge in [0.15, 0.2) is 5.69 Å². The van der Waals surface area contributed by atoms with Crippen molar-refractivity contribution in [2.75, 3.05) is 0 Å². The summed E-state index contributed by atoms with van der Waals surface area (Å²) in [4.78, 5) is 11.1. The van der Waals surface area contributed by atoms with Crippen LogP contribution in [-0.2, 0) is 6.42 Å². The van der Waals surface area contributed by atoms with Crippen LogP contribution >= 0.6 is 0 Å². The number of alkyl halides is 3. The van der Waals surface area contributed by atoms with Gasteiger partial charge in [0.25, 0.3) is 5.91 Å². The molecule has 1 amide bonds. The van der Waals surface area contributed by atoms with Gasteiger partial charge < -0.3 is 15.0 Å². The van der Waals surface area contributed by atoms with Crippen molar-refractivity contribution in [3.8, 4) is 5.75 Å². The van der Waals surface area contributed by atoms with E-state index in [2.05, 4.69) is 14.4 Å². The van der Waals surface area contributed by atoms with Gasteiger partial charge in [0.2, 0.25) is 0 Å². The average molecular weight is 286 g/mol. The monoisotopic (exact) mass is 286 g/mol. The molecule has 5 nitrogen and oxygen atoms in total. The first kappa shape index (κ1) is 13.9. The number of hydrogen-bond acceptors (Lipinski definition) is 4. The molecule has 0 atom stereocenters. The van der Waals surface area contributed by atoms with Crippen molar-refractivity contribution in [3.63, 3.8) is 0 Å². The molecule has 0 aliphatic rings. The number of benzene rings is 1. The highest BCUT2D eigenvalue weighted by Crippen LogP contribution is 2.24. The minimum absolute atomic E-state index is 0.0489. The lowest BCUT2D eigenvalue weighted by molar-refractivity contribution is -0.274. The zero-order valence-electron chi connectivity index (χ0n) is 9.98. The summed E-state index contributed by atoms with van der Waals surface area (Å²) in [7, 11) is 0. The van der Waals surface area contributed by atoms with Gasteiger partial charge in [0, 0.05) is 12.0 Å². The van der Waals surface area contributed by atoms with Gasteiger partial charge in [0.05, 0.1) is 0 Å². The number of hydrogen-bond donors (Lipinski definition) is 1. The third-order valence-corrected chi connectivity index (χ3v) is 2.40. The topological polar surface area (TPSA) is 78.4 Å². The molecule has 8 heteroatoms. The van der Waals surface area contributed by atoms with Crippen molar-refractivity contribution in [1.29, 1.82) is 0 Å². The van der Waals surface area contributed by atoms with Crippen molar-refractivity contribution in [2.24, 2.45) is 5.73 Å². The Kier molecular flexibility index (Phi) is 3.64. The maximum Gasteiger partial charge on any atom is 0.573 e. The van der Waals surface area contributed by atoms with E-state index in [0.717, 1.165) is 0 Å². The summed E-state index contributed by atoms with van der Waals surface area (Å²) >= 11 is 0. The number of amides is 1. The van der Waals surface area contributed by atoms with Crippen LogP contribution in [0, 0.1) is 0 Å². The zero-order chi connectivity index (χ0) is 14.8. The summed E-state index contributed by atoms with van der Waals surface area (Å²) in [6.07, 6.45) is -3.39. The second-order valence-electron chi connectivity index (χ2n) is 3.92. The lowest BCUT2D eigenvalue weighted by Crippen LogP contribution is -2.17. The standard InChI is InChI=1S/C12H9F3N2O3/c13-12(14,15)20-9-3-1-2-7(5-9)4-8-6-19-17-10(8)11(16)18/h1-3,5-6H,4H2,(H2,16,18). The number of ether oxygens (including phenoxy) is 1. The molecule has 0 spiro atoms. The Morgan fingerprint density at radius 1 is 1.40 bits per heavy atom. The van der Waals surface area contributed by atoms with Crippen LogP contribution in [0.3, 0.4) is 0 Å². The van der Waals surface area contributed by atoms with Gasteiger partial charge in [-0.3, -0.25) is 4.79 Å². The molecule has 0 aliphatic carbocycles. The first-order chi connectivity index (χ1) is 9.35. The Morgan fingerprint density at radius 2 is 2.15 bits per heavy atom. The smallest absolute Gasteiger partial charge is 0.406 e. The van der Waals surface area contributed by atoms with Gasteiger partial charge >= 0.3 is 6.36 Å². The van der Waals surface area contributed by atoms with E-state index in [1.807, 2.05) is 0 Å². The first-order valence-electron chi connectivity index (χ1n) is 5.43. The second-order valence-corrected chi connectivity index (χ2v) is 3.92. The van der Waals surface area contributed by atoms with E-state index >= 15 is 0 Å². The molecule has 0 bridgehead atoms. The number of carbonyl (C=O) groups is 1. The van der Waals surface area contributed by atoms with Crippen LogP contribution in [0.1, 0.15) is 21.6 Å². The third kappa shape index (κ3) is 3.50. The molecule has 0 radical (unpaired) electrons. The van der Waals surface area contributed by atoms with Gasteiger partial charge in [0.1, 0.15) is 12.0 Å². The van der Waals surface area contributed by atoms with Crippen LogP contribution in [0.5, 0.6) is 5.75 Å². The molecule has 1 aromatic carbocycles. The summed E-state index contributed by atoms with van der Waals surface area (Å²) in [6.45, 7) is 0. The molecular formula is C12H9F3N2O3. The minimum atomic E-state index is -4.76. The number of nitrogens with zero attached hydrogens (tertiary/aromatic N) is 1. The molecule has 2 N–H and O–H groups in total. The molecule has 2 rings (SSSR count). The van der Waals surface area contributed by atoms with E-state index < -0.39 is 12.3 Å². The Balaban J connectivity index is 2.20. The van der Waals surface area contributed by atoms with Crippen molar-refractivity contribution in [2.45, 2.75) is 12.8 Å². The molecule has 0 aliphatic heterocycles. The highest BCUT2D eigenvalue weighted by Gasteiger charge is 2.31. The lowest BCUT2D eigenvalue weighted by atomic mass is 10.1. The molecule has 2 aromatic rings. The maximum atomic E-state index is 12.1. The van der Waals surface area contributed by atoms with Crippen LogP contribution in [0.15, 0.2) is 35.1 Å². The zero-order valence-corrected chi connectivity index (χ0v) is 9.98. The third-order valence-electron chi connectivity index (χ3n) is 2.40. The second kappa shape index (κ2) is 5.24. The van der Waals surface area contributed by atoms with Crippen molar-refractivity contribution >= 4 is 5.91 Å². The first-order valence-corrected chi connectivity index (χ1v) is 5.43. The number of rotatable bonds is 4. The molecule has 20 heavy (non-hydrogen) atoms. The highest BCUT2D eigenvalue weighted by molar-refractivity contribution is 5.92. The maximum absolute atomic E-state index is 12.1. The predicted molar refractivity (Wildman–Crippen MR) is 61.0 cm³/mol. The van der Waals surface area contributed by atoms with Crippen LogP contribution in [-0.4, -0.2) is 17.4 Å². The highest BCUT2D eigenvalue weighted by atomic mass is 19.4. The van der Waals surface area contributed by atoms with Crippen LogP contribution in [0.25, 0.3) is 0 Å². The molecular weight excluding hydrogens is 277 g/mol. The fourth-order valence-electron chi connectivity index (χ4n) is 1.66. The summed E-state index contributed by atoms with van der Waals surface area (Å²) in [5.74, 6) is -1.11. The number of aromatic nitrogens is 1. The summed E-state index contributed by atoms with van der Waals surface area (Å²) in [6, 6.07) is 5.39. The number of carbonyl (C=O) groups excluding carboxylic acids is 1. The van der Waals surface area contributed by atoms with E-state index in [9.17, 15) is 18.0 Å². The van der Waals surface area contributed by atoms with Gasteiger partial charge in [-0.1, -0.05) is 17.3 Å². The van der Waals surface area contributed by atoms with E-state index in [1.165, 1.54) is 24.5 Å². The Hall–Kier alpha value is -2.51. The van der Waals surface area contributed by atoms with Gasteiger partial charge in [-0.05, 0) is 17.7 Å². The Morgan fingerprint density at radius 3 is 2.80 bits per heavy atom. The van der Waals surface area contributed by atoms with Crippen LogP contribution in [0.4, 0.5) is 13.2 Å². The molecule has 106 valence electrons. The molecule has 0 fully saturated rings. The van der Waals surface area contributed by atoms with Gasteiger partial charge in [-0.2, -0.15) is 0 Å². The summed E-state index contributed by atoms with van der Waals surface area (Å²) < 4.78 is 44.8. The quantitative estimate of drug-likeness (QED) is 0.935. The summed E-state index contributed by atoms with van der Waals surface area (Å²) in [5, 5.41) is 3.43. The molecule has 1 heterocycles.